The zero-order valence-electron chi connectivity index (χ0n) is 7.82. The molecule has 1 aromatic rings. The van der Waals surface area contributed by atoms with Gasteiger partial charge in [0.1, 0.15) is 0 Å². The number of benzene rings is 1. The van der Waals surface area contributed by atoms with Crippen molar-refractivity contribution in [2.24, 2.45) is 0 Å². The van der Waals surface area contributed by atoms with Crippen LogP contribution in [-0.4, -0.2) is 12.2 Å². The highest BCUT2D eigenvalue weighted by Gasteiger charge is 2.08. The maximum atomic E-state index is 6.07. The van der Waals surface area contributed by atoms with Crippen LogP contribution in [0.1, 0.15) is 5.56 Å². The van der Waals surface area contributed by atoms with Gasteiger partial charge < -0.3 is 10.6 Å². The van der Waals surface area contributed by atoms with E-state index in [0.29, 0.717) is 20.8 Å². The van der Waals surface area contributed by atoms with E-state index in [1.807, 2.05) is 13.0 Å². The second kappa shape index (κ2) is 4.82. The van der Waals surface area contributed by atoms with Gasteiger partial charge in [0.25, 0.3) is 0 Å². The Bertz CT molecular complexity index is 366. The predicted octanol–water partition coefficient (Wildman–Crippen LogP) is 3.22. The summed E-state index contributed by atoms with van der Waals surface area (Å²) in [6.07, 6.45) is 0. The van der Waals surface area contributed by atoms with Gasteiger partial charge in [-0.05, 0) is 30.8 Å². The van der Waals surface area contributed by atoms with Gasteiger partial charge in [0.15, 0.2) is 5.11 Å². The first-order valence-corrected chi connectivity index (χ1v) is 5.16. The highest BCUT2D eigenvalue weighted by molar-refractivity contribution is 7.80. The smallest absolute Gasteiger partial charge is 0.170 e. The van der Waals surface area contributed by atoms with E-state index in [2.05, 4.69) is 10.6 Å². The van der Waals surface area contributed by atoms with Gasteiger partial charge in [0.2, 0.25) is 0 Å². The van der Waals surface area contributed by atoms with Gasteiger partial charge in [-0.15, -0.1) is 0 Å². The first-order valence-electron chi connectivity index (χ1n) is 3.99. The summed E-state index contributed by atoms with van der Waals surface area (Å²) < 4.78 is 0. The van der Waals surface area contributed by atoms with Crippen molar-refractivity contribution in [1.29, 1.82) is 0 Å². The molecule has 1 aromatic carbocycles. The monoisotopic (exact) mass is 248 g/mol. The zero-order valence-corrected chi connectivity index (χ0v) is 10.1. The topological polar surface area (TPSA) is 24.1 Å². The van der Waals surface area contributed by atoms with Gasteiger partial charge in [-0.1, -0.05) is 29.3 Å². The largest absolute Gasteiger partial charge is 0.366 e. The lowest BCUT2D eigenvalue weighted by molar-refractivity contribution is 1.20. The Kier molecular flexibility index (Phi) is 3.98. The SMILES string of the molecule is CNC(=S)Nc1c(Cl)ccc(C)c1Cl. The quantitative estimate of drug-likeness (QED) is 0.747. The van der Waals surface area contributed by atoms with Crippen molar-refractivity contribution >= 4 is 46.2 Å². The molecule has 0 aromatic heterocycles. The number of hydrogen-bond donors (Lipinski definition) is 2. The summed E-state index contributed by atoms with van der Waals surface area (Å²) in [5.41, 5.74) is 1.60. The van der Waals surface area contributed by atoms with Gasteiger partial charge in [0.05, 0.1) is 15.7 Å². The molecule has 0 spiro atoms. The highest BCUT2D eigenvalue weighted by atomic mass is 35.5. The Morgan fingerprint density at radius 2 is 2.00 bits per heavy atom. The molecule has 0 aliphatic heterocycles. The Labute approximate surface area is 98.6 Å². The lowest BCUT2D eigenvalue weighted by Crippen LogP contribution is -2.24. The van der Waals surface area contributed by atoms with E-state index < -0.39 is 0 Å². The molecular formula is C9H10Cl2N2S. The van der Waals surface area contributed by atoms with Gasteiger partial charge in [-0.2, -0.15) is 0 Å². The molecule has 0 fully saturated rings. The second-order valence-electron chi connectivity index (χ2n) is 2.76. The molecule has 5 heteroatoms. The normalized spacial score (nSPS) is 9.71. The van der Waals surface area contributed by atoms with Crippen LogP contribution in [0.25, 0.3) is 0 Å². The summed E-state index contributed by atoms with van der Waals surface area (Å²) >= 11 is 17.0. The van der Waals surface area contributed by atoms with Gasteiger partial charge in [-0.3, -0.25) is 0 Å². The Hall–Kier alpha value is -0.510. The van der Waals surface area contributed by atoms with Crippen LogP contribution in [-0.2, 0) is 0 Å². The molecule has 0 saturated heterocycles. The van der Waals surface area contributed by atoms with Gasteiger partial charge >= 0.3 is 0 Å². The standard InChI is InChI=1S/C9H10Cl2N2S/c1-5-3-4-6(10)8(7(5)11)13-9(14)12-2/h3-4H,1-2H3,(H2,12,13,14). The fraction of sp³-hybridized carbons (Fsp3) is 0.222. The van der Waals surface area contributed by atoms with Crippen LogP contribution < -0.4 is 10.6 Å². The summed E-state index contributed by atoms with van der Waals surface area (Å²) in [6.45, 7) is 1.91. The van der Waals surface area contributed by atoms with E-state index in [9.17, 15) is 0 Å². The molecule has 2 nitrogen and oxygen atoms in total. The van der Waals surface area contributed by atoms with Crippen molar-refractivity contribution in [1.82, 2.24) is 5.32 Å². The molecular weight excluding hydrogens is 239 g/mol. The van der Waals surface area contributed by atoms with Crippen LogP contribution in [0.3, 0.4) is 0 Å². The van der Waals surface area contributed by atoms with E-state index >= 15 is 0 Å². The predicted molar refractivity (Wildman–Crippen MR) is 66.5 cm³/mol. The first-order chi connectivity index (χ1) is 6.56. The van der Waals surface area contributed by atoms with E-state index in [1.165, 1.54) is 0 Å². The number of aryl methyl sites for hydroxylation is 1. The third-order valence-corrected chi connectivity index (χ3v) is 2.86. The van der Waals surface area contributed by atoms with Crippen LogP contribution in [0.15, 0.2) is 12.1 Å². The average Bonchev–Trinajstić information content (AvgIpc) is 2.18. The number of thiocarbonyl (C=S) groups is 1. The maximum Gasteiger partial charge on any atom is 0.170 e. The van der Waals surface area contributed by atoms with E-state index in [4.69, 9.17) is 35.4 Å². The van der Waals surface area contributed by atoms with Crippen molar-refractivity contribution in [3.63, 3.8) is 0 Å². The van der Waals surface area contributed by atoms with Crippen molar-refractivity contribution in [3.05, 3.63) is 27.7 Å². The van der Waals surface area contributed by atoms with Crippen LogP contribution >= 0.6 is 35.4 Å². The van der Waals surface area contributed by atoms with E-state index in [0.717, 1.165) is 5.56 Å². The molecule has 1 rings (SSSR count). The lowest BCUT2D eigenvalue weighted by atomic mass is 10.2. The minimum absolute atomic E-state index is 0.486. The number of hydrogen-bond acceptors (Lipinski definition) is 1. The molecule has 0 aliphatic rings. The molecule has 0 atom stereocenters. The summed E-state index contributed by atoms with van der Waals surface area (Å²) in [7, 11) is 1.73. The molecule has 0 radical (unpaired) electrons. The van der Waals surface area contributed by atoms with Crippen LogP contribution in [0.5, 0.6) is 0 Å². The summed E-state index contributed by atoms with van der Waals surface area (Å²) in [5.74, 6) is 0. The highest BCUT2D eigenvalue weighted by Crippen LogP contribution is 2.32. The van der Waals surface area contributed by atoms with E-state index in [-0.39, 0.29) is 0 Å². The van der Waals surface area contributed by atoms with E-state index in [1.54, 1.807) is 13.1 Å². The second-order valence-corrected chi connectivity index (χ2v) is 3.95. The fourth-order valence-electron chi connectivity index (χ4n) is 0.947. The zero-order chi connectivity index (χ0) is 10.7. The average molecular weight is 249 g/mol. The van der Waals surface area contributed by atoms with Gasteiger partial charge in [-0.25, -0.2) is 0 Å². The minimum atomic E-state index is 0.486. The molecule has 0 aliphatic carbocycles. The fourth-order valence-corrected chi connectivity index (χ4v) is 1.51. The molecule has 0 amide bonds. The molecule has 0 unspecified atom stereocenters. The first kappa shape index (κ1) is 11.6. The summed E-state index contributed by atoms with van der Waals surface area (Å²) in [4.78, 5) is 0. The Morgan fingerprint density at radius 1 is 1.36 bits per heavy atom. The molecule has 76 valence electrons. The molecule has 14 heavy (non-hydrogen) atoms. The van der Waals surface area contributed by atoms with Gasteiger partial charge in [0, 0.05) is 7.05 Å². The minimum Gasteiger partial charge on any atom is -0.366 e. The number of halogens is 2. The number of nitrogens with one attached hydrogen (secondary N) is 2. The Balaban J connectivity index is 3.06. The van der Waals surface area contributed by atoms with Crippen molar-refractivity contribution < 1.29 is 0 Å². The Morgan fingerprint density at radius 3 is 2.57 bits per heavy atom. The number of anilines is 1. The summed E-state index contributed by atoms with van der Waals surface area (Å²) in [6, 6.07) is 3.64. The van der Waals surface area contributed by atoms with Crippen LogP contribution in [0.4, 0.5) is 5.69 Å². The summed E-state index contributed by atoms with van der Waals surface area (Å²) in [5, 5.41) is 7.35. The van der Waals surface area contributed by atoms with Crippen molar-refractivity contribution in [3.8, 4) is 0 Å². The van der Waals surface area contributed by atoms with Crippen LogP contribution in [0, 0.1) is 6.92 Å². The van der Waals surface area contributed by atoms with Crippen molar-refractivity contribution in [2.75, 3.05) is 12.4 Å². The third kappa shape index (κ3) is 2.50. The molecule has 0 heterocycles. The molecule has 0 saturated carbocycles. The number of rotatable bonds is 1. The maximum absolute atomic E-state index is 6.07. The third-order valence-electron chi connectivity index (χ3n) is 1.75. The van der Waals surface area contributed by atoms with Crippen LogP contribution in [0.2, 0.25) is 10.0 Å². The molecule has 0 bridgehead atoms. The van der Waals surface area contributed by atoms with Crippen molar-refractivity contribution in [2.45, 2.75) is 6.92 Å². The molecule has 2 N–H and O–H groups in total. The lowest BCUT2D eigenvalue weighted by Gasteiger charge is -2.12.